The highest BCUT2D eigenvalue weighted by atomic mass is 32.2. The molecule has 8 heteroatoms. The van der Waals surface area contributed by atoms with Gasteiger partial charge >= 0.3 is 6.18 Å². The third-order valence-corrected chi connectivity index (χ3v) is 3.05. The minimum absolute atomic E-state index is 0.0823. The molecule has 0 aromatic carbocycles. The summed E-state index contributed by atoms with van der Waals surface area (Å²) in [6.07, 6.45) is -4.76. The molecule has 0 amide bonds. The van der Waals surface area contributed by atoms with Crippen LogP contribution in [0.3, 0.4) is 0 Å². The molecular weight excluding hydrogens is 241 g/mol. The summed E-state index contributed by atoms with van der Waals surface area (Å²) in [5.74, 6) is 0.995. The zero-order valence-electron chi connectivity index (χ0n) is 8.79. The Balaban J connectivity index is 2.35. The van der Waals surface area contributed by atoms with E-state index in [4.69, 9.17) is 5.73 Å². The first-order valence-electron chi connectivity index (χ1n) is 4.72. The van der Waals surface area contributed by atoms with Gasteiger partial charge in [0.1, 0.15) is 5.82 Å². The lowest BCUT2D eigenvalue weighted by Crippen LogP contribution is -2.07. The molecule has 4 nitrogen and oxygen atoms in total. The molecule has 1 aromatic rings. The molecule has 0 radical (unpaired) electrons. The van der Waals surface area contributed by atoms with Gasteiger partial charge in [-0.05, 0) is 6.42 Å². The first-order chi connectivity index (χ1) is 7.44. The third kappa shape index (κ3) is 4.01. The molecule has 0 unspecified atom stereocenters. The first-order valence-corrected chi connectivity index (χ1v) is 5.70. The van der Waals surface area contributed by atoms with Gasteiger partial charge < -0.3 is 10.3 Å². The summed E-state index contributed by atoms with van der Waals surface area (Å²) in [6, 6.07) is 0. The Hall–Kier alpha value is -0.760. The van der Waals surface area contributed by atoms with Crippen LogP contribution in [0.1, 0.15) is 18.7 Å². The van der Waals surface area contributed by atoms with Crippen LogP contribution in [0.15, 0.2) is 5.16 Å². The Morgan fingerprint density at radius 3 is 2.56 bits per heavy atom. The Morgan fingerprint density at radius 2 is 2.06 bits per heavy atom. The zero-order chi connectivity index (χ0) is 12.2. The van der Waals surface area contributed by atoms with Crippen LogP contribution in [-0.2, 0) is 13.6 Å². The lowest BCUT2D eigenvalue weighted by atomic mass is 10.3. The summed E-state index contributed by atoms with van der Waals surface area (Å²) in [7, 11) is 1.74. The molecule has 2 N–H and O–H groups in total. The summed E-state index contributed by atoms with van der Waals surface area (Å²) in [6.45, 7) is 0.270. The van der Waals surface area contributed by atoms with Crippen LogP contribution in [0.5, 0.6) is 0 Å². The van der Waals surface area contributed by atoms with Gasteiger partial charge in [-0.15, -0.1) is 10.2 Å². The number of alkyl halides is 3. The van der Waals surface area contributed by atoms with Crippen molar-refractivity contribution < 1.29 is 13.2 Å². The molecule has 16 heavy (non-hydrogen) atoms. The van der Waals surface area contributed by atoms with Crippen LogP contribution >= 0.6 is 11.8 Å². The number of aromatic nitrogens is 3. The number of nitrogens with zero attached hydrogens (tertiary/aromatic N) is 3. The predicted octanol–water partition coefficient (Wildman–Crippen LogP) is 1.71. The lowest BCUT2D eigenvalue weighted by molar-refractivity contribution is -0.134. The van der Waals surface area contributed by atoms with E-state index in [0.717, 1.165) is 0 Å². The van der Waals surface area contributed by atoms with E-state index in [1.807, 2.05) is 0 Å². The molecule has 0 bridgehead atoms. The Kier molecular flexibility index (Phi) is 4.60. The maximum absolute atomic E-state index is 11.9. The van der Waals surface area contributed by atoms with E-state index < -0.39 is 12.6 Å². The topological polar surface area (TPSA) is 56.7 Å². The van der Waals surface area contributed by atoms with Crippen LogP contribution in [-0.4, -0.2) is 26.7 Å². The average molecular weight is 254 g/mol. The number of hydrogen-bond acceptors (Lipinski definition) is 4. The van der Waals surface area contributed by atoms with E-state index in [0.29, 0.717) is 16.7 Å². The van der Waals surface area contributed by atoms with Gasteiger partial charge in [0.15, 0.2) is 5.16 Å². The van der Waals surface area contributed by atoms with Gasteiger partial charge in [0.05, 0.1) is 6.54 Å². The number of hydrogen-bond donors (Lipinski definition) is 1. The van der Waals surface area contributed by atoms with E-state index in [2.05, 4.69) is 10.2 Å². The van der Waals surface area contributed by atoms with Crippen LogP contribution in [0, 0.1) is 0 Å². The number of thioether (sulfide) groups is 1. The van der Waals surface area contributed by atoms with Crippen LogP contribution < -0.4 is 5.73 Å². The van der Waals surface area contributed by atoms with Gasteiger partial charge in [-0.1, -0.05) is 11.8 Å². The Morgan fingerprint density at radius 1 is 1.38 bits per heavy atom. The molecule has 1 rings (SSSR count). The second kappa shape index (κ2) is 5.53. The SMILES string of the molecule is Cn1c(CN)nnc1SCCCC(F)(F)F. The highest BCUT2D eigenvalue weighted by Gasteiger charge is 2.26. The Bertz CT molecular complexity index is 337. The van der Waals surface area contributed by atoms with Crippen molar-refractivity contribution in [3.05, 3.63) is 5.82 Å². The van der Waals surface area contributed by atoms with Crippen molar-refractivity contribution in [3.63, 3.8) is 0 Å². The van der Waals surface area contributed by atoms with E-state index >= 15 is 0 Å². The molecule has 1 aromatic heterocycles. The lowest BCUT2D eigenvalue weighted by Gasteiger charge is -2.05. The third-order valence-electron chi connectivity index (χ3n) is 1.94. The van der Waals surface area contributed by atoms with Gasteiger partial charge in [0, 0.05) is 19.2 Å². The van der Waals surface area contributed by atoms with Crippen molar-refractivity contribution in [2.75, 3.05) is 5.75 Å². The van der Waals surface area contributed by atoms with Crippen molar-refractivity contribution in [3.8, 4) is 0 Å². The quantitative estimate of drug-likeness (QED) is 0.642. The second-order valence-electron chi connectivity index (χ2n) is 3.23. The van der Waals surface area contributed by atoms with Crippen LogP contribution in [0.25, 0.3) is 0 Å². The largest absolute Gasteiger partial charge is 0.389 e. The molecule has 0 spiro atoms. The monoisotopic (exact) mass is 254 g/mol. The fraction of sp³-hybridized carbons (Fsp3) is 0.750. The number of rotatable bonds is 5. The van der Waals surface area contributed by atoms with E-state index in [1.165, 1.54) is 11.8 Å². The molecule has 92 valence electrons. The van der Waals surface area contributed by atoms with E-state index in [-0.39, 0.29) is 13.0 Å². The maximum Gasteiger partial charge on any atom is 0.389 e. The summed E-state index contributed by atoms with van der Waals surface area (Å²) in [4.78, 5) is 0. The van der Waals surface area contributed by atoms with Gasteiger partial charge in [-0.3, -0.25) is 0 Å². The van der Waals surface area contributed by atoms with Crippen molar-refractivity contribution >= 4 is 11.8 Å². The Labute approximate surface area is 95.4 Å². The highest BCUT2D eigenvalue weighted by Crippen LogP contribution is 2.24. The van der Waals surface area contributed by atoms with Crippen molar-refractivity contribution in [2.45, 2.75) is 30.7 Å². The minimum atomic E-state index is -4.08. The van der Waals surface area contributed by atoms with E-state index in [9.17, 15) is 13.2 Å². The number of halogens is 3. The highest BCUT2D eigenvalue weighted by molar-refractivity contribution is 7.99. The summed E-state index contributed by atoms with van der Waals surface area (Å²) in [5.41, 5.74) is 5.39. The molecule has 0 aliphatic carbocycles. The maximum atomic E-state index is 11.9. The van der Waals surface area contributed by atoms with Crippen LogP contribution in [0.4, 0.5) is 13.2 Å². The van der Waals surface area contributed by atoms with Gasteiger partial charge in [0.2, 0.25) is 0 Å². The normalized spacial score (nSPS) is 12.1. The second-order valence-corrected chi connectivity index (χ2v) is 4.29. The first kappa shape index (κ1) is 13.3. The molecule has 0 aliphatic rings. The summed E-state index contributed by atoms with van der Waals surface area (Å²) >= 11 is 1.26. The van der Waals surface area contributed by atoms with Crippen molar-refractivity contribution in [1.82, 2.24) is 14.8 Å². The summed E-state index contributed by atoms with van der Waals surface area (Å²) < 4.78 is 37.3. The summed E-state index contributed by atoms with van der Waals surface area (Å²) in [5, 5.41) is 8.24. The fourth-order valence-corrected chi connectivity index (χ4v) is 1.95. The molecule has 0 atom stereocenters. The predicted molar refractivity (Wildman–Crippen MR) is 54.9 cm³/mol. The smallest absolute Gasteiger partial charge is 0.324 e. The standard InChI is InChI=1S/C8H13F3N4S/c1-15-6(5-12)13-14-7(15)16-4-2-3-8(9,10)11/h2-5,12H2,1H3. The van der Waals surface area contributed by atoms with E-state index in [1.54, 1.807) is 11.6 Å². The van der Waals surface area contributed by atoms with Gasteiger partial charge in [0.25, 0.3) is 0 Å². The number of nitrogens with two attached hydrogens (primary N) is 1. The van der Waals surface area contributed by atoms with Crippen molar-refractivity contribution in [1.29, 1.82) is 0 Å². The molecule has 0 fully saturated rings. The molecular formula is C8H13F3N4S. The molecule has 0 aliphatic heterocycles. The average Bonchev–Trinajstić information content (AvgIpc) is 2.53. The molecule has 0 saturated heterocycles. The van der Waals surface area contributed by atoms with Gasteiger partial charge in [-0.2, -0.15) is 13.2 Å². The van der Waals surface area contributed by atoms with Crippen LogP contribution in [0.2, 0.25) is 0 Å². The molecule has 0 saturated carbocycles. The zero-order valence-corrected chi connectivity index (χ0v) is 9.61. The fourth-order valence-electron chi connectivity index (χ4n) is 1.08. The van der Waals surface area contributed by atoms with Crippen molar-refractivity contribution in [2.24, 2.45) is 12.8 Å². The minimum Gasteiger partial charge on any atom is -0.324 e. The van der Waals surface area contributed by atoms with Gasteiger partial charge in [-0.25, -0.2) is 0 Å². The molecule has 1 heterocycles.